The SMILES string of the molecule is CC(C)(C)c1cc(CCC(=O)OCCCOC(=O)c2ccc(C(=O)OCCCO)cc2)cc(C(C)(C)C)c1O. The Kier molecular flexibility index (Phi) is 11.5. The van der Waals surface area contributed by atoms with Gasteiger partial charge in [-0.1, -0.05) is 53.7 Å². The van der Waals surface area contributed by atoms with Gasteiger partial charge in [0, 0.05) is 25.9 Å². The Labute approximate surface area is 231 Å². The molecule has 39 heavy (non-hydrogen) atoms. The molecule has 0 bridgehead atoms. The Morgan fingerprint density at radius 2 is 1.15 bits per heavy atom. The van der Waals surface area contributed by atoms with Gasteiger partial charge in [0.1, 0.15) is 5.75 Å². The number of esters is 3. The van der Waals surface area contributed by atoms with Crippen LogP contribution < -0.4 is 0 Å². The smallest absolute Gasteiger partial charge is 0.338 e. The monoisotopic (exact) mass is 542 g/mol. The van der Waals surface area contributed by atoms with Gasteiger partial charge in [-0.25, -0.2) is 9.59 Å². The lowest BCUT2D eigenvalue weighted by molar-refractivity contribution is -0.143. The number of phenols is 1. The number of aliphatic hydroxyl groups is 1. The van der Waals surface area contributed by atoms with Crippen LogP contribution in [0, 0.1) is 0 Å². The second-order valence-electron chi connectivity index (χ2n) is 11.5. The van der Waals surface area contributed by atoms with Crippen LogP contribution >= 0.6 is 0 Å². The van der Waals surface area contributed by atoms with E-state index in [1.807, 2.05) is 53.7 Å². The van der Waals surface area contributed by atoms with E-state index in [4.69, 9.17) is 19.3 Å². The maximum atomic E-state index is 12.3. The summed E-state index contributed by atoms with van der Waals surface area (Å²) in [7, 11) is 0. The summed E-state index contributed by atoms with van der Waals surface area (Å²) in [5, 5.41) is 19.6. The zero-order valence-corrected chi connectivity index (χ0v) is 24.0. The van der Waals surface area contributed by atoms with E-state index in [0.717, 1.165) is 16.7 Å². The summed E-state index contributed by atoms with van der Waals surface area (Å²) in [5.74, 6) is -1.10. The Hall–Kier alpha value is -3.39. The van der Waals surface area contributed by atoms with Crippen molar-refractivity contribution in [3.63, 3.8) is 0 Å². The van der Waals surface area contributed by atoms with Gasteiger partial charge in [0.05, 0.1) is 30.9 Å². The van der Waals surface area contributed by atoms with Crippen LogP contribution in [-0.2, 0) is 36.3 Å². The fourth-order valence-corrected chi connectivity index (χ4v) is 3.85. The fraction of sp³-hybridized carbons (Fsp3) is 0.516. The normalized spacial score (nSPS) is 11.7. The molecule has 0 spiro atoms. The molecule has 8 nitrogen and oxygen atoms in total. The molecule has 0 amide bonds. The quantitative estimate of drug-likeness (QED) is 0.212. The van der Waals surface area contributed by atoms with Crippen molar-refractivity contribution in [2.75, 3.05) is 26.4 Å². The standard InChI is InChI=1S/C31H42O8/c1-30(2,3)24-19-21(20-25(27(24)34)31(4,5)6)9-14-26(33)37-17-8-18-39-29(36)23-12-10-22(11-13-23)28(35)38-16-7-15-32/h10-13,19-20,32,34H,7-9,14-18H2,1-6H3. The highest BCUT2D eigenvalue weighted by Crippen LogP contribution is 2.40. The molecule has 0 saturated heterocycles. The van der Waals surface area contributed by atoms with Crippen LogP contribution in [0.25, 0.3) is 0 Å². The second kappa shape index (κ2) is 14.1. The molecule has 0 aliphatic heterocycles. The van der Waals surface area contributed by atoms with Crippen molar-refractivity contribution in [2.45, 2.75) is 78.1 Å². The predicted molar refractivity (Wildman–Crippen MR) is 148 cm³/mol. The molecule has 0 radical (unpaired) electrons. The number of aryl methyl sites for hydroxylation is 1. The molecule has 2 aromatic rings. The zero-order chi connectivity index (χ0) is 29.2. The Bertz CT molecular complexity index is 1090. The van der Waals surface area contributed by atoms with E-state index in [1.165, 1.54) is 24.3 Å². The molecule has 0 atom stereocenters. The van der Waals surface area contributed by atoms with Gasteiger partial charge in [0.15, 0.2) is 0 Å². The molecule has 0 aliphatic rings. The molecular weight excluding hydrogens is 500 g/mol. The van der Waals surface area contributed by atoms with Gasteiger partial charge < -0.3 is 24.4 Å². The van der Waals surface area contributed by atoms with Crippen LogP contribution in [0.5, 0.6) is 5.75 Å². The van der Waals surface area contributed by atoms with Crippen LogP contribution in [0.15, 0.2) is 36.4 Å². The van der Waals surface area contributed by atoms with Crippen LogP contribution in [-0.4, -0.2) is 54.5 Å². The van der Waals surface area contributed by atoms with E-state index in [0.29, 0.717) is 30.6 Å². The van der Waals surface area contributed by atoms with Gasteiger partial charge in [-0.3, -0.25) is 4.79 Å². The number of benzene rings is 2. The molecule has 214 valence electrons. The highest BCUT2D eigenvalue weighted by atomic mass is 16.5. The molecule has 2 aromatic carbocycles. The maximum absolute atomic E-state index is 12.3. The van der Waals surface area contributed by atoms with Gasteiger partial charge in [-0.05, 0) is 58.2 Å². The first-order chi connectivity index (χ1) is 18.2. The van der Waals surface area contributed by atoms with Crippen molar-refractivity contribution in [3.8, 4) is 5.75 Å². The van der Waals surface area contributed by atoms with E-state index >= 15 is 0 Å². The van der Waals surface area contributed by atoms with E-state index in [-0.39, 0.29) is 55.2 Å². The van der Waals surface area contributed by atoms with Crippen molar-refractivity contribution < 1.29 is 38.8 Å². The van der Waals surface area contributed by atoms with Gasteiger partial charge in [-0.2, -0.15) is 0 Å². The average molecular weight is 543 g/mol. The number of aromatic hydroxyl groups is 1. The summed E-state index contributed by atoms with van der Waals surface area (Å²) in [6, 6.07) is 9.83. The number of carbonyl (C=O) groups is 3. The molecule has 0 aromatic heterocycles. The molecular formula is C31H42O8. The van der Waals surface area contributed by atoms with Crippen molar-refractivity contribution >= 4 is 17.9 Å². The predicted octanol–water partition coefficient (Wildman–Crippen LogP) is 5.25. The minimum atomic E-state index is -0.543. The van der Waals surface area contributed by atoms with E-state index < -0.39 is 11.9 Å². The molecule has 2 N–H and O–H groups in total. The Balaban J connectivity index is 1.78. The first-order valence-electron chi connectivity index (χ1n) is 13.3. The van der Waals surface area contributed by atoms with Crippen molar-refractivity contribution in [3.05, 3.63) is 64.2 Å². The third-order valence-electron chi connectivity index (χ3n) is 6.08. The average Bonchev–Trinajstić information content (AvgIpc) is 2.86. The molecule has 2 rings (SSSR count). The van der Waals surface area contributed by atoms with Crippen molar-refractivity contribution in [1.82, 2.24) is 0 Å². The molecule has 0 heterocycles. The lowest BCUT2D eigenvalue weighted by Gasteiger charge is -2.28. The fourth-order valence-electron chi connectivity index (χ4n) is 3.85. The van der Waals surface area contributed by atoms with E-state index in [9.17, 15) is 19.5 Å². The number of aliphatic hydroxyl groups excluding tert-OH is 1. The summed E-state index contributed by atoms with van der Waals surface area (Å²) < 4.78 is 15.5. The number of hydrogen-bond donors (Lipinski definition) is 2. The first-order valence-corrected chi connectivity index (χ1v) is 13.3. The lowest BCUT2D eigenvalue weighted by Crippen LogP contribution is -2.18. The highest BCUT2D eigenvalue weighted by Gasteiger charge is 2.26. The van der Waals surface area contributed by atoms with Gasteiger partial charge in [-0.15, -0.1) is 0 Å². The second-order valence-corrected chi connectivity index (χ2v) is 11.5. The Morgan fingerprint density at radius 3 is 1.59 bits per heavy atom. The van der Waals surface area contributed by atoms with Crippen molar-refractivity contribution in [1.29, 1.82) is 0 Å². The van der Waals surface area contributed by atoms with Gasteiger partial charge in [0.25, 0.3) is 0 Å². The Morgan fingerprint density at radius 1 is 0.718 bits per heavy atom. The molecule has 0 aliphatic carbocycles. The maximum Gasteiger partial charge on any atom is 0.338 e. The molecule has 0 fully saturated rings. The number of hydrogen-bond acceptors (Lipinski definition) is 8. The summed E-state index contributed by atoms with van der Waals surface area (Å²) in [5.41, 5.74) is 2.78. The summed E-state index contributed by atoms with van der Waals surface area (Å²) in [6.45, 7) is 12.6. The summed E-state index contributed by atoms with van der Waals surface area (Å²) in [4.78, 5) is 36.4. The minimum Gasteiger partial charge on any atom is -0.507 e. The third kappa shape index (κ3) is 10.0. The van der Waals surface area contributed by atoms with Crippen LogP contribution in [0.4, 0.5) is 0 Å². The molecule has 0 unspecified atom stereocenters. The number of phenolic OH excluding ortho intramolecular Hbond substituents is 1. The minimum absolute atomic E-state index is 0.0616. The van der Waals surface area contributed by atoms with Crippen LogP contribution in [0.1, 0.15) is 98.2 Å². The number of ether oxygens (including phenoxy) is 3. The van der Waals surface area contributed by atoms with E-state index in [2.05, 4.69) is 0 Å². The van der Waals surface area contributed by atoms with E-state index in [1.54, 1.807) is 0 Å². The number of rotatable bonds is 12. The topological polar surface area (TPSA) is 119 Å². The van der Waals surface area contributed by atoms with Gasteiger partial charge in [0.2, 0.25) is 0 Å². The molecule has 0 saturated carbocycles. The zero-order valence-electron chi connectivity index (χ0n) is 24.0. The largest absolute Gasteiger partial charge is 0.507 e. The highest BCUT2D eigenvalue weighted by molar-refractivity contribution is 5.93. The summed E-state index contributed by atoms with van der Waals surface area (Å²) >= 11 is 0. The van der Waals surface area contributed by atoms with Gasteiger partial charge >= 0.3 is 17.9 Å². The van der Waals surface area contributed by atoms with Crippen LogP contribution in [0.2, 0.25) is 0 Å². The molecule has 8 heteroatoms. The van der Waals surface area contributed by atoms with Crippen molar-refractivity contribution in [2.24, 2.45) is 0 Å². The van der Waals surface area contributed by atoms with Crippen LogP contribution in [0.3, 0.4) is 0 Å². The number of carbonyl (C=O) groups excluding carboxylic acids is 3. The first kappa shape index (κ1) is 31.8. The summed E-state index contributed by atoms with van der Waals surface area (Å²) in [6.07, 6.45) is 1.41. The third-order valence-corrected chi connectivity index (χ3v) is 6.08. The lowest BCUT2D eigenvalue weighted by atomic mass is 9.78.